The third-order valence-electron chi connectivity index (χ3n) is 6.16. The number of aromatic nitrogens is 2. The number of nitrogens with zero attached hydrogens (tertiary/aromatic N) is 2. The van der Waals surface area contributed by atoms with Gasteiger partial charge in [0.1, 0.15) is 12.1 Å². The molecule has 0 spiro atoms. The molecule has 1 heterocycles. The van der Waals surface area contributed by atoms with Crippen LogP contribution in [0.2, 0.25) is 0 Å². The van der Waals surface area contributed by atoms with Crippen molar-refractivity contribution in [3.05, 3.63) is 128 Å². The van der Waals surface area contributed by atoms with E-state index in [2.05, 4.69) is 77.8 Å². The van der Waals surface area contributed by atoms with Crippen LogP contribution in [-0.4, -0.2) is 14.7 Å². The van der Waals surface area contributed by atoms with Gasteiger partial charge in [0.2, 0.25) is 0 Å². The van der Waals surface area contributed by atoms with Gasteiger partial charge in [0.05, 0.1) is 16.7 Å². The Balaban J connectivity index is 1.63. The minimum Gasteiger partial charge on any atom is -0.508 e. The fourth-order valence-electron chi connectivity index (χ4n) is 4.62. The van der Waals surface area contributed by atoms with Gasteiger partial charge in [-0.15, -0.1) is 0 Å². The molecule has 0 saturated heterocycles. The van der Waals surface area contributed by atoms with Crippen molar-refractivity contribution >= 4 is 11.0 Å². The lowest BCUT2D eigenvalue weighted by molar-refractivity contribution is 0.475. The number of hydrogen-bond acceptors (Lipinski definition) is 2. The standard InChI is InChI=1S/C31H22N2O/c34-26-19-24(18-25(20-26)33-21-32-29-16-7-8-17-30(29)33)31-27(22-10-3-1-4-11-22)14-9-15-28(31)23-12-5-2-6-13-23/h1-21,34H. The lowest BCUT2D eigenvalue weighted by atomic mass is 9.87. The number of fused-ring (bicyclic) bond motifs is 1. The van der Waals surface area contributed by atoms with Crippen LogP contribution >= 0.6 is 0 Å². The van der Waals surface area contributed by atoms with E-state index in [1.54, 1.807) is 6.07 Å². The van der Waals surface area contributed by atoms with Crippen LogP contribution in [0.3, 0.4) is 0 Å². The maximum Gasteiger partial charge on any atom is 0.118 e. The molecule has 6 rings (SSSR count). The Morgan fingerprint density at radius 3 is 1.85 bits per heavy atom. The highest BCUT2D eigenvalue weighted by Gasteiger charge is 2.16. The fraction of sp³-hybridized carbons (Fsp3) is 0. The summed E-state index contributed by atoms with van der Waals surface area (Å²) in [6.45, 7) is 0. The first-order valence-electron chi connectivity index (χ1n) is 11.3. The van der Waals surface area contributed by atoms with Gasteiger partial charge < -0.3 is 5.11 Å². The third kappa shape index (κ3) is 3.54. The Kier molecular flexibility index (Phi) is 4.93. The Morgan fingerprint density at radius 2 is 1.18 bits per heavy atom. The quantitative estimate of drug-likeness (QED) is 0.306. The third-order valence-corrected chi connectivity index (χ3v) is 6.16. The largest absolute Gasteiger partial charge is 0.508 e. The van der Waals surface area contributed by atoms with Gasteiger partial charge in [0, 0.05) is 6.07 Å². The Bertz CT molecular complexity index is 1540. The molecule has 0 fully saturated rings. The van der Waals surface area contributed by atoms with E-state index in [1.807, 2.05) is 53.4 Å². The topological polar surface area (TPSA) is 38.0 Å². The van der Waals surface area contributed by atoms with Gasteiger partial charge in [-0.25, -0.2) is 4.98 Å². The molecule has 0 saturated carbocycles. The molecule has 1 aromatic heterocycles. The number of imidazole rings is 1. The normalized spacial score (nSPS) is 11.1. The molecule has 5 aromatic carbocycles. The van der Waals surface area contributed by atoms with Crippen LogP contribution in [0.5, 0.6) is 5.75 Å². The second-order valence-electron chi connectivity index (χ2n) is 8.30. The van der Waals surface area contributed by atoms with Crippen molar-refractivity contribution in [1.82, 2.24) is 9.55 Å². The van der Waals surface area contributed by atoms with Gasteiger partial charge in [-0.05, 0) is 57.6 Å². The molecule has 0 unspecified atom stereocenters. The van der Waals surface area contributed by atoms with Crippen molar-refractivity contribution in [2.24, 2.45) is 0 Å². The van der Waals surface area contributed by atoms with Crippen LogP contribution in [-0.2, 0) is 0 Å². The molecule has 0 radical (unpaired) electrons. The van der Waals surface area contributed by atoms with E-state index in [0.717, 1.165) is 50.1 Å². The average Bonchev–Trinajstić information content (AvgIpc) is 3.33. The highest BCUT2D eigenvalue weighted by molar-refractivity contribution is 5.95. The van der Waals surface area contributed by atoms with Crippen LogP contribution < -0.4 is 0 Å². The molecule has 3 heteroatoms. The highest BCUT2D eigenvalue weighted by atomic mass is 16.3. The number of rotatable bonds is 4. The van der Waals surface area contributed by atoms with Crippen LogP contribution in [0.15, 0.2) is 128 Å². The van der Waals surface area contributed by atoms with E-state index in [9.17, 15) is 5.11 Å². The second-order valence-corrected chi connectivity index (χ2v) is 8.30. The van der Waals surface area contributed by atoms with Crippen LogP contribution in [0.1, 0.15) is 0 Å². The van der Waals surface area contributed by atoms with Crippen molar-refractivity contribution < 1.29 is 5.11 Å². The summed E-state index contributed by atoms with van der Waals surface area (Å²) in [5.74, 6) is 0.215. The molecule has 162 valence electrons. The molecule has 1 N–H and O–H groups in total. The van der Waals surface area contributed by atoms with Crippen LogP contribution in [0.25, 0.3) is 50.1 Å². The number of para-hydroxylation sites is 2. The van der Waals surface area contributed by atoms with Crippen LogP contribution in [0, 0.1) is 0 Å². The molecule has 0 aliphatic carbocycles. The van der Waals surface area contributed by atoms with E-state index < -0.39 is 0 Å². The highest BCUT2D eigenvalue weighted by Crippen LogP contribution is 2.41. The smallest absolute Gasteiger partial charge is 0.118 e. The van der Waals surface area contributed by atoms with Crippen molar-refractivity contribution in [3.63, 3.8) is 0 Å². The molecule has 0 atom stereocenters. The van der Waals surface area contributed by atoms with Gasteiger partial charge in [-0.1, -0.05) is 91.0 Å². The Morgan fingerprint density at radius 1 is 0.559 bits per heavy atom. The summed E-state index contributed by atoms with van der Waals surface area (Å²) in [6.07, 6.45) is 1.81. The van der Waals surface area contributed by atoms with E-state index in [0.29, 0.717) is 0 Å². The molecule has 6 aromatic rings. The van der Waals surface area contributed by atoms with Gasteiger partial charge in [0.25, 0.3) is 0 Å². The SMILES string of the molecule is Oc1cc(-c2c(-c3ccccc3)cccc2-c2ccccc2)cc(-n2cnc3ccccc32)c1. The molecule has 0 aliphatic heterocycles. The first kappa shape index (κ1) is 20.0. The predicted octanol–water partition coefficient (Wildman–Crippen LogP) is 7.73. The van der Waals surface area contributed by atoms with Gasteiger partial charge in [-0.3, -0.25) is 4.57 Å². The Labute approximate surface area is 198 Å². The van der Waals surface area contributed by atoms with E-state index in [4.69, 9.17) is 0 Å². The molecule has 0 amide bonds. The summed E-state index contributed by atoms with van der Waals surface area (Å²) < 4.78 is 2.02. The molecule has 0 aliphatic rings. The van der Waals surface area contributed by atoms with Gasteiger partial charge >= 0.3 is 0 Å². The van der Waals surface area contributed by atoms with E-state index in [-0.39, 0.29) is 5.75 Å². The van der Waals surface area contributed by atoms with Gasteiger partial charge in [-0.2, -0.15) is 0 Å². The summed E-state index contributed by atoms with van der Waals surface area (Å²) >= 11 is 0. The Hall–Kier alpha value is -4.63. The van der Waals surface area contributed by atoms with Gasteiger partial charge in [0.15, 0.2) is 0 Å². The number of phenols is 1. The molecule has 3 nitrogen and oxygen atoms in total. The molecular formula is C31H22N2O. The monoisotopic (exact) mass is 438 g/mol. The number of phenolic OH excluding ortho intramolecular Hbond substituents is 1. The molecular weight excluding hydrogens is 416 g/mol. The zero-order chi connectivity index (χ0) is 22.9. The average molecular weight is 439 g/mol. The first-order chi connectivity index (χ1) is 16.8. The van der Waals surface area contributed by atoms with Crippen LogP contribution in [0.4, 0.5) is 0 Å². The number of hydrogen-bond donors (Lipinski definition) is 1. The van der Waals surface area contributed by atoms with E-state index in [1.165, 1.54) is 0 Å². The minimum absolute atomic E-state index is 0.215. The summed E-state index contributed by atoms with van der Waals surface area (Å²) in [7, 11) is 0. The maximum atomic E-state index is 10.8. The van der Waals surface area contributed by atoms with E-state index >= 15 is 0 Å². The van der Waals surface area contributed by atoms with Crippen molar-refractivity contribution in [3.8, 4) is 44.8 Å². The first-order valence-corrected chi connectivity index (χ1v) is 11.3. The lowest BCUT2D eigenvalue weighted by Gasteiger charge is -2.18. The summed E-state index contributed by atoms with van der Waals surface area (Å²) in [5, 5.41) is 10.8. The van der Waals surface area contributed by atoms with Crippen molar-refractivity contribution in [2.45, 2.75) is 0 Å². The summed E-state index contributed by atoms with van der Waals surface area (Å²) in [4.78, 5) is 4.54. The predicted molar refractivity (Wildman–Crippen MR) is 139 cm³/mol. The number of aromatic hydroxyl groups is 1. The molecule has 34 heavy (non-hydrogen) atoms. The number of benzene rings is 5. The zero-order valence-corrected chi connectivity index (χ0v) is 18.5. The maximum absolute atomic E-state index is 10.8. The van der Waals surface area contributed by atoms with Crippen molar-refractivity contribution in [2.75, 3.05) is 0 Å². The second kappa shape index (κ2) is 8.38. The lowest BCUT2D eigenvalue weighted by Crippen LogP contribution is -1.95. The zero-order valence-electron chi connectivity index (χ0n) is 18.5. The van der Waals surface area contributed by atoms with Crippen molar-refractivity contribution in [1.29, 1.82) is 0 Å². The molecule has 0 bridgehead atoms. The fourth-order valence-corrected chi connectivity index (χ4v) is 4.62. The summed E-state index contributed by atoms with van der Waals surface area (Å²) in [5.41, 5.74) is 9.32. The summed E-state index contributed by atoms with van der Waals surface area (Å²) in [6, 6.07) is 40.9. The minimum atomic E-state index is 0.215.